The quantitative estimate of drug-likeness (QED) is 0.905. The molecule has 21 heavy (non-hydrogen) atoms. The Morgan fingerprint density at radius 1 is 1.24 bits per heavy atom. The van der Waals surface area contributed by atoms with Crippen LogP contribution >= 0.6 is 23.4 Å². The molecule has 110 valence electrons. The van der Waals surface area contributed by atoms with Gasteiger partial charge in [-0.2, -0.15) is 0 Å². The maximum Gasteiger partial charge on any atom is 0.321 e. The van der Waals surface area contributed by atoms with Gasteiger partial charge in [0.05, 0.1) is 11.8 Å². The lowest BCUT2D eigenvalue weighted by Gasteiger charge is -2.42. The van der Waals surface area contributed by atoms with Gasteiger partial charge in [-0.3, -0.25) is 14.5 Å². The molecule has 8 heteroatoms. The van der Waals surface area contributed by atoms with E-state index in [1.165, 1.54) is 4.90 Å². The average molecular weight is 326 g/mol. The van der Waals surface area contributed by atoms with E-state index in [-0.39, 0.29) is 29.0 Å². The van der Waals surface area contributed by atoms with Crippen LogP contribution in [0.15, 0.2) is 24.3 Å². The Balaban J connectivity index is 1.54. The topological polar surface area (TPSA) is 69.7 Å². The first-order valence-corrected chi connectivity index (χ1v) is 7.71. The van der Waals surface area contributed by atoms with Crippen molar-refractivity contribution < 1.29 is 14.4 Å². The third-order valence-electron chi connectivity index (χ3n) is 3.39. The number of anilines is 1. The smallest absolute Gasteiger partial charge is 0.320 e. The van der Waals surface area contributed by atoms with Crippen LogP contribution in [-0.4, -0.2) is 51.9 Å². The van der Waals surface area contributed by atoms with Crippen LogP contribution in [0.3, 0.4) is 0 Å². The molecular weight excluding hydrogens is 314 g/mol. The second kappa shape index (κ2) is 5.57. The molecule has 0 radical (unpaired) electrons. The summed E-state index contributed by atoms with van der Waals surface area (Å²) in [6.07, 6.45) is 0. The molecule has 0 spiro atoms. The summed E-state index contributed by atoms with van der Waals surface area (Å²) in [5.74, 6) is 0.0273. The van der Waals surface area contributed by atoms with Crippen LogP contribution in [0, 0.1) is 0 Å². The molecule has 1 N–H and O–H groups in total. The molecule has 2 aliphatic heterocycles. The first kappa shape index (κ1) is 14.2. The van der Waals surface area contributed by atoms with Crippen molar-refractivity contribution in [2.75, 3.05) is 24.2 Å². The number of imide groups is 1. The van der Waals surface area contributed by atoms with Crippen molar-refractivity contribution >= 4 is 46.2 Å². The number of likely N-dealkylation sites (tertiary alicyclic amines) is 1. The second-order valence-electron chi connectivity index (χ2n) is 4.81. The van der Waals surface area contributed by atoms with Crippen molar-refractivity contribution in [1.29, 1.82) is 0 Å². The Hall–Kier alpha value is -1.73. The maximum absolute atomic E-state index is 12.0. The zero-order valence-electron chi connectivity index (χ0n) is 10.9. The molecule has 3 rings (SSSR count). The number of benzene rings is 1. The van der Waals surface area contributed by atoms with Gasteiger partial charge in [0.25, 0.3) is 5.24 Å². The molecule has 2 fully saturated rings. The number of rotatable bonds is 2. The maximum atomic E-state index is 12.0. The molecule has 2 heterocycles. The predicted octanol–water partition coefficient (Wildman–Crippen LogP) is 2.25. The van der Waals surface area contributed by atoms with Crippen LogP contribution in [0.1, 0.15) is 0 Å². The number of nitrogens with one attached hydrogen (secondary N) is 1. The van der Waals surface area contributed by atoms with Crippen LogP contribution in [-0.2, 0) is 4.79 Å². The van der Waals surface area contributed by atoms with Gasteiger partial charge in [0.2, 0.25) is 5.91 Å². The highest BCUT2D eigenvalue weighted by Gasteiger charge is 2.43. The van der Waals surface area contributed by atoms with Crippen molar-refractivity contribution in [3.8, 4) is 0 Å². The summed E-state index contributed by atoms with van der Waals surface area (Å²) in [6.45, 7) is 0.745. The number of hydrogen-bond acceptors (Lipinski definition) is 4. The summed E-state index contributed by atoms with van der Waals surface area (Å²) in [4.78, 5) is 37.9. The molecule has 0 bridgehead atoms. The van der Waals surface area contributed by atoms with Gasteiger partial charge in [-0.15, -0.1) is 0 Å². The summed E-state index contributed by atoms with van der Waals surface area (Å²) in [5.41, 5.74) is 0.650. The van der Waals surface area contributed by atoms with E-state index in [2.05, 4.69) is 5.32 Å². The van der Waals surface area contributed by atoms with E-state index in [9.17, 15) is 14.4 Å². The van der Waals surface area contributed by atoms with Gasteiger partial charge in [0.1, 0.15) is 0 Å². The van der Waals surface area contributed by atoms with Gasteiger partial charge in [-0.25, -0.2) is 4.79 Å². The van der Waals surface area contributed by atoms with Crippen molar-refractivity contribution in [1.82, 2.24) is 9.80 Å². The lowest BCUT2D eigenvalue weighted by Crippen LogP contribution is -2.62. The van der Waals surface area contributed by atoms with Crippen molar-refractivity contribution in [3.63, 3.8) is 0 Å². The number of amides is 4. The van der Waals surface area contributed by atoms with E-state index in [4.69, 9.17) is 11.6 Å². The second-order valence-corrected chi connectivity index (χ2v) is 6.18. The molecule has 2 saturated heterocycles. The monoisotopic (exact) mass is 325 g/mol. The molecule has 1 aromatic carbocycles. The highest BCUT2D eigenvalue weighted by Crippen LogP contribution is 2.26. The highest BCUT2D eigenvalue weighted by molar-refractivity contribution is 8.14. The van der Waals surface area contributed by atoms with Gasteiger partial charge in [0.15, 0.2) is 0 Å². The van der Waals surface area contributed by atoms with Crippen LogP contribution in [0.2, 0.25) is 5.02 Å². The first-order chi connectivity index (χ1) is 10.0. The summed E-state index contributed by atoms with van der Waals surface area (Å²) >= 11 is 6.78. The minimum Gasteiger partial charge on any atom is -0.320 e. The van der Waals surface area contributed by atoms with Gasteiger partial charge < -0.3 is 10.2 Å². The number of thioether (sulfide) groups is 1. The van der Waals surface area contributed by atoms with Crippen LogP contribution in [0.25, 0.3) is 0 Å². The lowest BCUT2D eigenvalue weighted by atomic mass is 10.1. The SMILES string of the molecule is O=C(Nc1ccc(Cl)cc1)N1CC(N2C(=O)CSC2=O)C1. The molecular formula is C13H12ClN3O3S. The molecule has 6 nitrogen and oxygen atoms in total. The predicted molar refractivity (Wildman–Crippen MR) is 80.5 cm³/mol. The summed E-state index contributed by atoms with van der Waals surface area (Å²) in [7, 11) is 0. The summed E-state index contributed by atoms with van der Waals surface area (Å²) < 4.78 is 0. The number of nitrogens with zero attached hydrogens (tertiary/aromatic N) is 2. The Kier molecular flexibility index (Phi) is 3.77. The van der Waals surface area contributed by atoms with E-state index in [1.54, 1.807) is 29.2 Å². The van der Waals surface area contributed by atoms with Crippen molar-refractivity contribution in [2.45, 2.75) is 6.04 Å². The Bertz CT molecular complexity index is 585. The molecule has 0 aromatic heterocycles. The average Bonchev–Trinajstić information content (AvgIpc) is 2.72. The van der Waals surface area contributed by atoms with Crippen molar-refractivity contribution in [3.05, 3.63) is 29.3 Å². The number of hydrogen-bond donors (Lipinski definition) is 1. The fourth-order valence-corrected chi connectivity index (χ4v) is 3.14. The molecule has 0 atom stereocenters. The molecule has 0 aliphatic carbocycles. The van der Waals surface area contributed by atoms with Crippen LogP contribution in [0.4, 0.5) is 15.3 Å². The lowest BCUT2D eigenvalue weighted by molar-refractivity contribution is -0.128. The van der Waals surface area contributed by atoms with E-state index in [0.717, 1.165) is 11.8 Å². The summed E-state index contributed by atoms with van der Waals surface area (Å²) in [5, 5.41) is 3.12. The van der Waals surface area contributed by atoms with E-state index < -0.39 is 0 Å². The fraction of sp³-hybridized carbons (Fsp3) is 0.308. The van der Waals surface area contributed by atoms with Crippen LogP contribution < -0.4 is 5.32 Å². The Labute approximate surface area is 130 Å². The van der Waals surface area contributed by atoms with Gasteiger partial charge in [-0.05, 0) is 24.3 Å². The van der Waals surface area contributed by atoms with Gasteiger partial charge in [-0.1, -0.05) is 23.4 Å². The van der Waals surface area contributed by atoms with Crippen LogP contribution in [0.5, 0.6) is 0 Å². The molecule has 0 unspecified atom stereocenters. The van der Waals surface area contributed by atoms with E-state index >= 15 is 0 Å². The third kappa shape index (κ3) is 2.84. The van der Waals surface area contributed by atoms with Crippen molar-refractivity contribution in [2.24, 2.45) is 0 Å². The van der Waals surface area contributed by atoms with E-state index in [1.807, 2.05) is 0 Å². The summed E-state index contributed by atoms with van der Waals surface area (Å²) in [6, 6.07) is 6.35. The molecule has 1 aromatic rings. The number of urea groups is 1. The Morgan fingerprint density at radius 2 is 1.90 bits per heavy atom. The zero-order chi connectivity index (χ0) is 15.0. The van der Waals surface area contributed by atoms with E-state index in [0.29, 0.717) is 23.8 Å². The van der Waals surface area contributed by atoms with Gasteiger partial charge >= 0.3 is 6.03 Å². The molecule has 2 aliphatic rings. The normalized spacial score (nSPS) is 18.9. The number of carbonyl (C=O) groups is 3. The molecule has 0 saturated carbocycles. The number of halogens is 1. The fourth-order valence-electron chi connectivity index (χ4n) is 2.24. The minimum absolute atomic E-state index is 0.173. The molecule has 4 amide bonds. The standard InChI is InChI=1S/C13H12ClN3O3S/c14-8-1-3-9(4-2-8)15-12(19)16-5-10(6-16)17-11(18)7-21-13(17)20/h1-4,10H,5-7H2,(H,15,19). The third-order valence-corrected chi connectivity index (χ3v) is 4.48. The largest absolute Gasteiger partial charge is 0.321 e. The number of carbonyl (C=O) groups excluding carboxylic acids is 3. The Morgan fingerprint density at radius 3 is 2.48 bits per heavy atom. The zero-order valence-corrected chi connectivity index (χ0v) is 12.5. The minimum atomic E-state index is -0.250. The first-order valence-electron chi connectivity index (χ1n) is 6.35. The van der Waals surface area contributed by atoms with Gasteiger partial charge in [0, 0.05) is 23.8 Å². The highest BCUT2D eigenvalue weighted by atomic mass is 35.5.